The van der Waals surface area contributed by atoms with Gasteiger partial charge in [0.25, 0.3) is 0 Å². The predicted molar refractivity (Wildman–Crippen MR) is 80.4 cm³/mol. The fourth-order valence-electron chi connectivity index (χ4n) is 2.35. The monoisotopic (exact) mass is 294 g/mol. The van der Waals surface area contributed by atoms with Crippen LogP contribution >= 0.6 is 22.9 Å². The van der Waals surface area contributed by atoms with Gasteiger partial charge >= 0.3 is 0 Å². The lowest BCUT2D eigenvalue weighted by Gasteiger charge is -2.24. The van der Waals surface area contributed by atoms with Crippen LogP contribution in [0.1, 0.15) is 6.42 Å². The molecule has 1 aliphatic heterocycles. The second-order valence-corrected chi connectivity index (χ2v) is 5.75. The van der Waals surface area contributed by atoms with Crippen molar-refractivity contribution in [3.05, 3.63) is 35.1 Å². The number of pyridine rings is 1. The molecule has 0 unspecified atom stereocenters. The summed E-state index contributed by atoms with van der Waals surface area (Å²) in [5, 5.41) is 3.87. The van der Waals surface area contributed by atoms with Crippen LogP contribution in [0.25, 0.3) is 0 Å². The van der Waals surface area contributed by atoms with Crippen LogP contribution in [0.3, 0.4) is 0 Å². The normalized spacial score (nSPS) is 16.5. The number of rotatable bonds is 2. The summed E-state index contributed by atoms with van der Waals surface area (Å²) < 4.78 is 0. The van der Waals surface area contributed by atoms with Crippen LogP contribution in [0.5, 0.6) is 0 Å². The Labute approximate surface area is 121 Å². The molecule has 2 aromatic rings. The molecular formula is C13H15ClN4S. The van der Waals surface area contributed by atoms with E-state index < -0.39 is 0 Å². The standard InChI is InChI=1S/C13H15ClN4S/c14-11-10-15-3-2-12(11)17-5-1-6-18(8-7-17)13-16-4-9-19-13/h2-4,9-10H,1,5-8H2. The van der Waals surface area contributed by atoms with Gasteiger partial charge in [-0.05, 0) is 12.5 Å². The SMILES string of the molecule is Clc1cnccc1N1CCCN(c2nccs2)CC1. The van der Waals surface area contributed by atoms with Crippen LogP contribution in [0.2, 0.25) is 5.02 Å². The maximum atomic E-state index is 6.22. The molecule has 0 radical (unpaired) electrons. The van der Waals surface area contributed by atoms with E-state index in [0.717, 1.165) is 48.4 Å². The molecule has 0 atom stereocenters. The molecule has 1 saturated heterocycles. The molecule has 0 bridgehead atoms. The number of hydrogen-bond acceptors (Lipinski definition) is 5. The zero-order chi connectivity index (χ0) is 13.1. The van der Waals surface area contributed by atoms with Gasteiger partial charge < -0.3 is 9.80 Å². The fourth-order valence-corrected chi connectivity index (χ4v) is 3.28. The van der Waals surface area contributed by atoms with E-state index in [1.165, 1.54) is 0 Å². The molecule has 3 rings (SSSR count). The van der Waals surface area contributed by atoms with Gasteiger partial charge in [0.05, 0.1) is 10.7 Å². The van der Waals surface area contributed by atoms with Crippen LogP contribution in [0, 0.1) is 0 Å². The van der Waals surface area contributed by atoms with Crippen LogP contribution < -0.4 is 9.80 Å². The van der Waals surface area contributed by atoms with Gasteiger partial charge in [-0.3, -0.25) is 4.98 Å². The minimum atomic E-state index is 0.727. The van der Waals surface area contributed by atoms with Crippen molar-refractivity contribution in [3.8, 4) is 0 Å². The van der Waals surface area contributed by atoms with E-state index in [2.05, 4.69) is 19.8 Å². The van der Waals surface area contributed by atoms with Gasteiger partial charge in [0.15, 0.2) is 5.13 Å². The molecule has 0 spiro atoms. The van der Waals surface area contributed by atoms with Gasteiger partial charge in [-0.2, -0.15) is 0 Å². The number of hydrogen-bond donors (Lipinski definition) is 0. The number of halogens is 1. The molecule has 6 heteroatoms. The van der Waals surface area contributed by atoms with Crippen molar-refractivity contribution in [2.24, 2.45) is 0 Å². The Morgan fingerprint density at radius 1 is 1.11 bits per heavy atom. The first-order valence-corrected chi connectivity index (χ1v) is 7.59. The second kappa shape index (κ2) is 5.75. The quantitative estimate of drug-likeness (QED) is 0.852. The lowest BCUT2D eigenvalue weighted by molar-refractivity contribution is 0.804. The van der Waals surface area contributed by atoms with Crippen LogP contribution in [0.4, 0.5) is 10.8 Å². The lowest BCUT2D eigenvalue weighted by atomic mass is 10.3. The summed E-state index contributed by atoms with van der Waals surface area (Å²) >= 11 is 7.92. The van der Waals surface area contributed by atoms with E-state index in [1.807, 2.05) is 17.6 Å². The van der Waals surface area contributed by atoms with Crippen LogP contribution in [-0.4, -0.2) is 36.1 Å². The third-order valence-electron chi connectivity index (χ3n) is 3.28. The smallest absolute Gasteiger partial charge is 0.185 e. The van der Waals surface area contributed by atoms with Crippen LogP contribution in [0.15, 0.2) is 30.0 Å². The Bertz CT molecular complexity index is 531. The molecular weight excluding hydrogens is 280 g/mol. The predicted octanol–water partition coefficient (Wildman–Crippen LogP) is 2.91. The molecule has 4 nitrogen and oxygen atoms in total. The maximum absolute atomic E-state index is 6.22. The van der Waals surface area contributed by atoms with Crippen molar-refractivity contribution in [2.75, 3.05) is 36.0 Å². The Morgan fingerprint density at radius 2 is 1.95 bits per heavy atom. The fraction of sp³-hybridized carbons (Fsp3) is 0.385. The minimum Gasteiger partial charge on any atom is -0.368 e. The van der Waals surface area contributed by atoms with E-state index in [-0.39, 0.29) is 0 Å². The number of aromatic nitrogens is 2. The second-order valence-electron chi connectivity index (χ2n) is 4.47. The van der Waals surface area contributed by atoms with Crippen molar-refractivity contribution in [2.45, 2.75) is 6.42 Å². The van der Waals surface area contributed by atoms with Gasteiger partial charge in [-0.1, -0.05) is 11.6 Å². The zero-order valence-corrected chi connectivity index (χ0v) is 12.1. The zero-order valence-electron chi connectivity index (χ0n) is 10.5. The Hall–Kier alpha value is -1.33. The Morgan fingerprint density at radius 3 is 2.74 bits per heavy atom. The molecule has 1 aliphatic rings. The first-order chi connectivity index (χ1) is 9.34. The lowest BCUT2D eigenvalue weighted by Crippen LogP contribution is -2.30. The highest BCUT2D eigenvalue weighted by Gasteiger charge is 2.18. The van der Waals surface area contributed by atoms with Crippen LogP contribution in [-0.2, 0) is 0 Å². The first kappa shape index (κ1) is 12.7. The van der Waals surface area contributed by atoms with Gasteiger partial charge in [0.2, 0.25) is 0 Å². The van der Waals surface area contributed by atoms with E-state index in [4.69, 9.17) is 11.6 Å². The largest absolute Gasteiger partial charge is 0.368 e. The molecule has 0 N–H and O–H groups in total. The molecule has 0 saturated carbocycles. The van der Waals surface area contributed by atoms with Gasteiger partial charge in [-0.15, -0.1) is 11.3 Å². The summed E-state index contributed by atoms with van der Waals surface area (Å²) in [6.45, 7) is 4.01. The average Bonchev–Trinajstić information content (AvgIpc) is 2.85. The molecule has 3 heterocycles. The Balaban J connectivity index is 1.73. The van der Waals surface area contributed by atoms with Crippen molar-refractivity contribution in [1.29, 1.82) is 0 Å². The molecule has 19 heavy (non-hydrogen) atoms. The van der Waals surface area contributed by atoms with Crippen molar-refractivity contribution >= 4 is 33.8 Å². The van der Waals surface area contributed by atoms with E-state index in [9.17, 15) is 0 Å². The molecule has 0 aliphatic carbocycles. The highest BCUT2D eigenvalue weighted by Crippen LogP contribution is 2.26. The van der Waals surface area contributed by atoms with E-state index in [1.54, 1.807) is 23.7 Å². The van der Waals surface area contributed by atoms with E-state index in [0.29, 0.717) is 0 Å². The minimum absolute atomic E-state index is 0.727. The topological polar surface area (TPSA) is 32.3 Å². The summed E-state index contributed by atoms with van der Waals surface area (Å²) in [6.07, 6.45) is 6.48. The third-order valence-corrected chi connectivity index (χ3v) is 4.40. The summed E-state index contributed by atoms with van der Waals surface area (Å²) in [5.74, 6) is 0. The maximum Gasteiger partial charge on any atom is 0.185 e. The van der Waals surface area contributed by atoms with Crippen molar-refractivity contribution in [3.63, 3.8) is 0 Å². The van der Waals surface area contributed by atoms with Gasteiger partial charge in [0, 0.05) is 50.1 Å². The molecule has 0 amide bonds. The first-order valence-electron chi connectivity index (χ1n) is 6.33. The molecule has 100 valence electrons. The summed E-state index contributed by atoms with van der Waals surface area (Å²) in [7, 11) is 0. The average molecular weight is 295 g/mol. The number of nitrogens with zero attached hydrogens (tertiary/aromatic N) is 4. The summed E-state index contributed by atoms with van der Waals surface area (Å²) in [5.41, 5.74) is 1.08. The third kappa shape index (κ3) is 2.82. The Kier molecular flexibility index (Phi) is 3.84. The van der Waals surface area contributed by atoms with Gasteiger partial charge in [-0.25, -0.2) is 4.98 Å². The van der Waals surface area contributed by atoms with Gasteiger partial charge in [0.1, 0.15) is 0 Å². The molecule has 0 aromatic carbocycles. The number of anilines is 2. The number of thiazole rings is 1. The highest BCUT2D eigenvalue weighted by atomic mass is 35.5. The van der Waals surface area contributed by atoms with E-state index >= 15 is 0 Å². The van der Waals surface area contributed by atoms with Crippen molar-refractivity contribution in [1.82, 2.24) is 9.97 Å². The summed E-state index contributed by atoms with van der Waals surface area (Å²) in [4.78, 5) is 13.1. The van der Waals surface area contributed by atoms with Crippen molar-refractivity contribution < 1.29 is 0 Å². The molecule has 2 aromatic heterocycles. The molecule has 1 fully saturated rings. The highest BCUT2D eigenvalue weighted by molar-refractivity contribution is 7.13. The summed E-state index contributed by atoms with van der Waals surface area (Å²) in [6, 6.07) is 1.99.